The Kier molecular flexibility index (Phi) is 5.45. The minimum Gasteiger partial charge on any atom is -0.797 e. The molecule has 0 spiro atoms. The molecule has 0 rings (SSSR count). The second-order valence-corrected chi connectivity index (χ2v) is 10.0. The third kappa shape index (κ3) is 66.1. The van der Waals surface area contributed by atoms with E-state index < -0.39 is 7.22 Å². The van der Waals surface area contributed by atoms with Gasteiger partial charge in [-0.05, 0) is 0 Å². The molecule has 3 heteroatoms. The quantitative estimate of drug-likeness (QED) is 0.268. The van der Waals surface area contributed by atoms with Crippen molar-refractivity contribution in [2.75, 3.05) is 0 Å². The van der Waals surface area contributed by atoms with Crippen molar-refractivity contribution in [2.24, 2.45) is 0 Å². The molecule has 0 amide bonds. The van der Waals surface area contributed by atoms with Gasteiger partial charge in [-0.2, -0.15) is 0 Å². The topological polar surface area (TPSA) is 0 Å². The second kappa shape index (κ2) is 3.20. The molecule has 6 heavy (non-hydrogen) atoms. The van der Waals surface area contributed by atoms with Crippen LogP contribution in [0.5, 0.6) is 0 Å². The predicted molar refractivity (Wildman–Crippen MR) is 30.7 cm³/mol. The first-order chi connectivity index (χ1) is 2.00. The van der Waals surface area contributed by atoms with Gasteiger partial charge < -0.3 is 12.1 Å². The normalized spacial score (nSPS) is 10.0. The van der Waals surface area contributed by atoms with Crippen LogP contribution in [-0.4, -0.2) is 7.22 Å². The zero-order valence-electron chi connectivity index (χ0n) is 4.91. The van der Waals surface area contributed by atoms with Crippen molar-refractivity contribution >= 4 is 19.3 Å². The Hall–Kier alpha value is 1.16. The van der Waals surface area contributed by atoms with Gasteiger partial charge in [-0.3, -0.25) is 0 Å². The van der Waals surface area contributed by atoms with Crippen molar-refractivity contribution in [1.29, 1.82) is 0 Å². The van der Waals surface area contributed by atoms with Crippen LogP contribution in [0.2, 0.25) is 19.6 Å². The van der Waals surface area contributed by atoms with Crippen molar-refractivity contribution in [2.45, 2.75) is 19.6 Å². The van der Waals surface area contributed by atoms with Gasteiger partial charge in [0.2, 0.25) is 0 Å². The van der Waals surface area contributed by atoms with Gasteiger partial charge in [0.1, 0.15) is 0 Å². The summed E-state index contributed by atoms with van der Waals surface area (Å²) >= 11 is 4.97. The molecule has 0 saturated carbocycles. The second-order valence-electron chi connectivity index (χ2n) is 2.11. The van der Waals surface area contributed by atoms with Crippen LogP contribution in [0.15, 0.2) is 0 Å². The maximum absolute atomic E-state index is 4.97. The van der Waals surface area contributed by atoms with Crippen LogP contribution >= 0.6 is 0 Å². The first-order valence-corrected chi connectivity index (χ1v) is 6.34. The SMILES string of the molecule is C[Si](C)(C)[S-].[Li+]. The van der Waals surface area contributed by atoms with Crippen LogP contribution in [0.3, 0.4) is 0 Å². The van der Waals surface area contributed by atoms with Crippen LogP contribution in [0.1, 0.15) is 0 Å². The van der Waals surface area contributed by atoms with Crippen molar-refractivity contribution in [1.82, 2.24) is 0 Å². The van der Waals surface area contributed by atoms with Gasteiger partial charge in [0, 0.05) is 0 Å². The van der Waals surface area contributed by atoms with E-state index in [9.17, 15) is 0 Å². The van der Waals surface area contributed by atoms with Gasteiger partial charge in [0.05, 0.1) is 0 Å². The Morgan fingerprint density at radius 2 is 1.17 bits per heavy atom. The maximum atomic E-state index is 4.97. The molecule has 0 aliphatic rings. The van der Waals surface area contributed by atoms with Gasteiger partial charge in [-0.25, -0.2) is 0 Å². The van der Waals surface area contributed by atoms with Crippen LogP contribution in [0, 0.1) is 0 Å². The summed E-state index contributed by atoms with van der Waals surface area (Å²) in [4.78, 5) is 0. The van der Waals surface area contributed by atoms with Crippen LogP contribution in [0.25, 0.3) is 0 Å². The molecule has 0 aromatic heterocycles. The van der Waals surface area contributed by atoms with Crippen LogP contribution in [0.4, 0.5) is 0 Å². The molecule has 0 N–H and O–H groups in total. The average molecular weight is 112 g/mol. The van der Waals surface area contributed by atoms with Crippen LogP contribution in [-0.2, 0) is 12.1 Å². The predicted octanol–water partition coefficient (Wildman–Crippen LogP) is -1.63. The molecule has 0 heterocycles. The first-order valence-electron chi connectivity index (χ1n) is 1.70. The average Bonchev–Trinajstić information content (AvgIpc) is 0.722. The van der Waals surface area contributed by atoms with Crippen molar-refractivity contribution < 1.29 is 18.9 Å². The summed E-state index contributed by atoms with van der Waals surface area (Å²) in [7, 11) is -1.03. The van der Waals surface area contributed by atoms with Gasteiger partial charge in [0.25, 0.3) is 0 Å². The number of rotatable bonds is 0. The third-order valence-electron chi connectivity index (χ3n) is 0. The smallest absolute Gasteiger partial charge is 0.797 e. The van der Waals surface area contributed by atoms with E-state index in [0.29, 0.717) is 0 Å². The molecule has 0 fully saturated rings. The molecule has 0 aliphatic heterocycles. The molecule has 0 radical (unpaired) electrons. The minimum atomic E-state index is -1.03. The molecule has 0 unspecified atom stereocenters. The minimum absolute atomic E-state index is 0. The van der Waals surface area contributed by atoms with E-state index in [2.05, 4.69) is 19.6 Å². The standard InChI is InChI=1S/C3H9SSi.Li/c1-5(2,3)4;/h1-3H3;/q-1;+1. The summed E-state index contributed by atoms with van der Waals surface area (Å²) in [5.41, 5.74) is 0. The summed E-state index contributed by atoms with van der Waals surface area (Å²) in [5, 5.41) is 0. The van der Waals surface area contributed by atoms with Crippen molar-refractivity contribution in [3.63, 3.8) is 0 Å². The van der Waals surface area contributed by atoms with E-state index >= 15 is 0 Å². The van der Waals surface area contributed by atoms with Gasteiger partial charge in [-0.15, -0.1) is 0 Å². The molecule has 32 valence electrons. The summed E-state index contributed by atoms with van der Waals surface area (Å²) in [5.74, 6) is 0. The maximum Gasteiger partial charge on any atom is 1.00 e. The number of hydrogen-bond acceptors (Lipinski definition) is 1. The summed E-state index contributed by atoms with van der Waals surface area (Å²) < 4.78 is 0. The fourth-order valence-corrected chi connectivity index (χ4v) is 0. The van der Waals surface area contributed by atoms with E-state index in [0.717, 1.165) is 0 Å². The Morgan fingerprint density at radius 1 is 1.17 bits per heavy atom. The molecule has 0 nitrogen and oxygen atoms in total. The summed E-state index contributed by atoms with van der Waals surface area (Å²) in [6.45, 7) is 6.42. The summed E-state index contributed by atoms with van der Waals surface area (Å²) in [6, 6.07) is 0. The molecule has 0 aromatic carbocycles. The molecular formula is C3H9LiSSi. The zero-order valence-corrected chi connectivity index (χ0v) is 6.72. The van der Waals surface area contributed by atoms with Gasteiger partial charge in [0.15, 0.2) is 0 Å². The van der Waals surface area contributed by atoms with Gasteiger partial charge >= 0.3 is 18.9 Å². The van der Waals surface area contributed by atoms with E-state index in [1.54, 1.807) is 0 Å². The van der Waals surface area contributed by atoms with Crippen molar-refractivity contribution in [3.8, 4) is 0 Å². The van der Waals surface area contributed by atoms with Gasteiger partial charge in [-0.1, -0.05) is 26.9 Å². The largest absolute Gasteiger partial charge is 1.00 e. The zero-order chi connectivity index (χ0) is 4.50. The molecule has 0 bridgehead atoms. The van der Waals surface area contributed by atoms with E-state index in [-0.39, 0.29) is 18.9 Å². The molecule has 0 aromatic rings. The van der Waals surface area contributed by atoms with E-state index in [4.69, 9.17) is 12.1 Å². The van der Waals surface area contributed by atoms with E-state index in [1.807, 2.05) is 0 Å². The Labute approximate surface area is 57.9 Å². The Bertz CT molecular complexity index is 26.3. The number of hydrogen-bond donors (Lipinski definition) is 0. The molecule has 0 atom stereocenters. The fraction of sp³-hybridized carbons (Fsp3) is 1.00. The monoisotopic (exact) mass is 112 g/mol. The van der Waals surface area contributed by atoms with E-state index in [1.165, 1.54) is 0 Å². The summed E-state index contributed by atoms with van der Waals surface area (Å²) in [6.07, 6.45) is 0. The molecular weight excluding hydrogens is 103 g/mol. The van der Waals surface area contributed by atoms with Crippen molar-refractivity contribution in [3.05, 3.63) is 0 Å². The molecule has 0 saturated heterocycles. The first kappa shape index (κ1) is 10.2. The fourth-order valence-electron chi connectivity index (χ4n) is 0. The Balaban J connectivity index is 0. The third-order valence-corrected chi connectivity index (χ3v) is 0. The molecule has 0 aliphatic carbocycles. The van der Waals surface area contributed by atoms with Crippen LogP contribution < -0.4 is 18.9 Å². The Morgan fingerprint density at radius 3 is 1.17 bits per heavy atom.